The third-order valence-corrected chi connectivity index (χ3v) is 3.82. The maximum atomic E-state index is 11.9. The van der Waals surface area contributed by atoms with E-state index in [-0.39, 0.29) is 10.8 Å². The smallest absolute Gasteiger partial charge is 0.0976 e. The summed E-state index contributed by atoms with van der Waals surface area (Å²) in [5.41, 5.74) is 1.03. The molecule has 2 atom stereocenters. The summed E-state index contributed by atoms with van der Waals surface area (Å²) in [6.07, 6.45) is 1.74. The fourth-order valence-corrected chi connectivity index (χ4v) is 2.00. The summed E-state index contributed by atoms with van der Waals surface area (Å²) in [6.45, 7) is 7.84. The van der Waals surface area contributed by atoms with Gasteiger partial charge in [0.15, 0.2) is 0 Å². The summed E-state index contributed by atoms with van der Waals surface area (Å²) in [5.74, 6) is 0. The van der Waals surface area contributed by atoms with Gasteiger partial charge in [-0.05, 0) is 33.8 Å². The molecule has 15 heavy (non-hydrogen) atoms. The minimum atomic E-state index is -1.05. The van der Waals surface area contributed by atoms with Gasteiger partial charge in [0.05, 0.1) is 27.5 Å². The standard InChI is InChI=1S/C10H19N3OS/c1-8(9-6-7-11-13(9)5)12-15(14)10(2,3)4/h6-8,12H,1-5H3/t8-,15?/m0/s1. The van der Waals surface area contributed by atoms with Gasteiger partial charge in [-0.2, -0.15) is 5.10 Å². The molecule has 5 heteroatoms. The van der Waals surface area contributed by atoms with Crippen LogP contribution in [0, 0.1) is 0 Å². The quantitative estimate of drug-likeness (QED) is 0.854. The van der Waals surface area contributed by atoms with Crippen molar-refractivity contribution in [3.63, 3.8) is 0 Å². The van der Waals surface area contributed by atoms with E-state index in [0.717, 1.165) is 5.69 Å². The number of hydrogen-bond acceptors (Lipinski definition) is 2. The highest BCUT2D eigenvalue weighted by molar-refractivity contribution is 7.84. The van der Waals surface area contributed by atoms with Crippen molar-refractivity contribution in [3.8, 4) is 0 Å². The van der Waals surface area contributed by atoms with Crippen LogP contribution in [0.2, 0.25) is 0 Å². The predicted octanol–water partition coefficient (Wildman–Crippen LogP) is 1.53. The van der Waals surface area contributed by atoms with Crippen molar-refractivity contribution in [1.29, 1.82) is 0 Å². The number of nitrogens with one attached hydrogen (secondary N) is 1. The third kappa shape index (κ3) is 3.14. The van der Waals surface area contributed by atoms with E-state index in [0.29, 0.717) is 0 Å². The third-order valence-electron chi connectivity index (χ3n) is 2.14. The molecule has 0 saturated carbocycles. The van der Waals surface area contributed by atoms with Crippen LogP contribution in [0.3, 0.4) is 0 Å². The maximum absolute atomic E-state index is 11.9. The van der Waals surface area contributed by atoms with E-state index in [1.807, 2.05) is 40.8 Å². The van der Waals surface area contributed by atoms with Crippen LogP contribution in [0.5, 0.6) is 0 Å². The van der Waals surface area contributed by atoms with Crippen molar-refractivity contribution in [2.45, 2.75) is 38.5 Å². The Bertz CT molecular complexity index is 354. The van der Waals surface area contributed by atoms with Crippen LogP contribution in [0.25, 0.3) is 0 Å². The average Bonchev–Trinajstić information content (AvgIpc) is 2.49. The minimum absolute atomic E-state index is 0.0394. The molecule has 0 aliphatic rings. The molecule has 1 rings (SSSR count). The van der Waals surface area contributed by atoms with Gasteiger partial charge in [-0.3, -0.25) is 4.68 Å². The normalized spacial score (nSPS) is 16.3. The van der Waals surface area contributed by atoms with Crippen LogP contribution in [-0.4, -0.2) is 18.7 Å². The van der Waals surface area contributed by atoms with E-state index in [1.54, 1.807) is 10.9 Å². The lowest BCUT2D eigenvalue weighted by molar-refractivity contribution is 0.589. The van der Waals surface area contributed by atoms with Gasteiger partial charge in [-0.15, -0.1) is 0 Å². The Balaban J connectivity index is 2.69. The molecule has 1 aromatic heterocycles. The minimum Gasteiger partial charge on any atom is -0.271 e. The van der Waals surface area contributed by atoms with Crippen molar-refractivity contribution in [2.75, 3.05) is 0 Å². The number of aromatic nitrogens is 2. The van der Waals surface area contributed by atoms with Gasteiger partial charge in [0, 0.05) is 13.2 Å². The molecule has 4 nitrogen and oxygen atoms in total. The zero-order valence-electron chi connectivity index (χ0n) is 9.94. The van der Waals surface area contributed by atoms with Gasteiger partial charge in [-0.1, -0.05) is 0 Å². The molecule has 1 unspecified atom stereocenters. The summed E-state index contributed by atoms with van der Waals surface area (Å²) >= 11 is 0. The molecule has 1 N–H and O–H groups in total. The number of aryl methyl sites for hydroxylation is 1. The van der Waals surface area contributed by atoms with Crippen LogP contribution >= 0.6 is 0 Å². The van der Waals surface area contributed by atoms with Crippen LogP contribution in [0.15, 0.2) is 12.3 Å². The summed E-state index contributed by atoms with van der Waals surface area (Å²) in [5, 5.41) is 4.08. The second-order valence-electron chi connectivity index (χ2n) is 4.60. The van der Waals surface area contributed by atoms with Crippen LogP contribution in [0.1, 0.15) is 39.4 Å². The summed E-state index contributed by atoms with van der Waals surface area (Å²) in [6, 6.07) is 1.97. The van der Waals surface area contributed by atoms with E-state index in [4.69, 9.17) is 0 Å². The topological polar surface area (TPSA) is 46.9 Å². The van der Waals surface area contributed by atoms with E-state index >= 15 is 0 Å². The van der Waals surface area contributed by atoms with Crippen LogP contribution in [-0.2, 0) is 18.0 Å². The number of nitrogens with zero attached hydrogens (tertiary/aromatic N) is 2. The molecule has 86 valence electrons. The lowest BCUT2D eigenvalue weighted by Crippen LogP contribution is -2.35. The molecule has 0 bridgehead atoms. The molecule has 0 aliphatic carbocycles. The maximum Gasteiger partial charge on any atom is 0.0976 e. The molecule has 0 amide bonds. The first-order valence-electron chi connectivity index (χ1n) is 4.98. The lowest BCUT2D eigenvalue weighted by Gasteiger charge is -2.21. The Hall–Kier alpha value is -0.680. The highest BCUT2D eigenvalue weighted by atomic mass is 32.2. The largest absolute Gasteiger partial charge is 0.271 e. The zero-order chi connectivity index (χ0) is 11.6. The fourth-order valence-electron chi connectivity index (χ4n) is 1.21. The SMILES string of the molecule is C[C@H](NS(=O)C(C)(C)C)c1ccnn1C. The summed E-state index contributed by atoms with van der Waals surface area (Å²) in [7, 11) is 0.831. The van der Waals surface area contributed by atoms with E-state index in [9.17, 15) is 4.21 Å². The molecule has 0 saturated heterocycles. The molecule has 1 aromatic rings. The van der Waals surface area contributed by atoms with Crippen molar-refractivity contribution in [1.82, 2.24) is 14.5 Å². The Morgan fingerprint density at radius 2 is 2.13 bits per heavy atom. The first-order chi connectivity index (χ1) is 6.82. The Morgan fingerprint density at radius 3 is 2.53 bits per heavy atom. The lowest BCUT2D eigenvalue weighted by atomic mass is 10.2. The second kappa shape index (κ2) is 4.45. The molecule has 0 aliphatic heterocycles. The molecule has 0 aromatic carbocycles. The van der Waals surface area contributed by atoms with Crippen molar-refractivity contribution >= 4 is 11.0 Å². The fraction of sp³-hybridized carbons (Fsp3) is 0.700. The molecular formula is C10H19N3OS. The predicted molar refractivity (Wildman–Crippen MR) is 62.7 cm³/mol. The molecular weight excluding hydrogens is 210 g/mol. The van der Waals surface area contributed by atoms with Gasteiger partial charge >= 0.3 is 0 Å². The van der Waals surface area contributed by atoms with Gasteiger partial charge in [-0.25, -0.2) is 8.93 Å². The first kappa shape index (κ1) is 12.4. The van der Waals surface area contributed by atoms with Crippen LogP contribution in [0.4, 0.5) is 0 Å². The van der Waals surface area contributed by atoms with Gasteiger partial charge in [0.25, 0.3) is 0 Å². The van der Waals surface area contributed by atoms with Crippen LogP contribution < -0.4 is 4.72 Å². The monoisotopic (exact) mass is 229 g/mol. The highest BCUT2D eigenvalue weighted by Gasteiger charge is 2.22. The number of rotatable bonds is 3. The van der Waals surface area contributed by atoms with Crippen molar-refractivity contribution < 1.29 is 4.21 Å². The molecule has 1 heterocycles. The van der Waals surface area contributed by atoms with Gasteiger partial charge in [0.1, 0.15) is 0 Å². The number of hydrogen-bond donors (Lipinski definition) is 1. The highest BCUT2D eigenvalue weighted by Crippen LogP contribution is 2.15. The second-order valence-corrected chi connectivity index (χ2v) is 6.60. The Morgan fingerprint density at radius 1 is 1.53 bits per heavy atom. The molecule has 0 spiro atoms. The summed E-state index contributed by atoms with van der Waals surface area (Å²) in [4.78, 5) is 0. The first-order valence-corrected chi connectivity index (χ1v) is 6.13. The molecule has 0 radical (unpaired) electrons. The molecule has 0 fully saturated rings. The van der Waals surface area contributed by atoms with E-state index < -0.39 is 11.0 Å². The van der Waals surface area contributed by atoms with Crippen molar-refractivity contribution in [3.05, 3.63) is 18.0 Å². The van der Waals surface area contributed by atoms with Gasteiger partial charge in [0.2, 0.25) is 0 Å². The zero-order valence-corrected chi connectivity index (χ0v) is 10.8. The van der Waals surface area contributed by atoms with E-state index in [2.05, 4.69) is 9.82 Å². The van der Waals surface area contributed by atoms with Crippen molar-refractivity contribution in [2.24, 2.45) is 7.05 Å². The van der Waals surface area contributed by atoms with Gasteiger partial charge < -0.3 is 0 Å². The van der Waals surface area contributed by atoms with E-state index in [1.165, 1.54) is 0 Å². The summed E-state index contributed by atoms with van der Waals surface area (Å²) < 4.78 is 16.5. The Labute approximate surface area is 93.7 Å². The Kier molecular flexibility index (Phi) is 3.67. The average molecular weight is 229 g/mol.